The molecular formula is C13H21ClN2O3S. The van der Waals surface area contributed by atoms with E-state index in [-0.39, 0.29) is 23.3 Å². The average Bonchev–Trinajstić information content (AvgIpc) is 2.40. The summed E-state index contributed by atoms with van der Waals surface area (Å²) in [5.41, 5.74) is 0. The number of hydrogen-bond acceptors (Lipinski definition) is 4. The molecule has 5 nitrogen and oxygen atoms in total. The lowest BCUT2D eigenvalue weighted by Crippen LogP contribution is -2.42. The van der Waals surface area contributed by atoms with Crippen molar-refractivity contribution in [2.45, 2.75) is 30.7 Å². The maximum absolute atomic E-state index is 12.2. The number of hydrogen-bond donors (Lipinski definition) is 2. The number of ether oxygens (including phenoxy) is 1. The van der Waals surface area contributed by atoms with E-state index in [0.29, 0.717) is 12.4 Å². The van der Waals surface area contributed by atoms with E-state index in [9.17, 15) is 8.42 Å². The molecular weight excluding hydrogens is 300 g/mol. The summed E-state index contributed by atoms with van der Waals surface area (Å²) in [6.07, 6.45) is 1.66. The predicted molar refractivity (Wildman–Crippen MR) is 81.1 cm³/mol. The molecule has 2 N–H and O–H groups in total. The van der Waals surface area contributed by atoms with Gasteiger partial charge >= 0.3 is 0 Å². The lowest BCUT2D eigenvalue weighted by molar-refractivity contribution is 0.340. The number of rotatable bonds is 5. The van der Waals surface area contributed by atoms with Crippen molar-refractivity contribution >= 4 is 22.4 Å². The largest absolute Gasteiger partial charge is 0.494 e. The Morgan fingerprint density at radius 2 is 1.85 bits per heavy atom. The first-order chi connectivity index (χ1) is 9.12. The fourth-order valence-electron chi connectivity index (χ4n) is 2.11. The van der Waals surface area contributed by atoms with Crippen molar-refractivity contribution in [2.75, 3.05) is 19.7 Å². The van der Waals surface area contributed by atoms with Crippen LogP contribution in [0.3, 0.4) is 0 Å². The Hall–Kier alpha value is -0.820. The highest BCUT2D eigenvalue weighted by molar-refractivity contribution is 7.89. The van der Waals surface area contributed by atoms with Gasteiger partial charge in [-0.25, -0.2) is 13.1 Å². The lowest BCUT2D eigenvalue weighted by atomic mass is 10.1. The Morgan fingerprint density at radius 1 is 1.25 bits per heavy atom. The second kappa shape index (κ2) is 7.83. The highest BCUT2D eigenvalue weighted by Crippen LogP contribution is 2.17. The van der Waals surface area contributed by atoms with Gasteiger partial charge in [0.1, 0.15) is 5.75 Å². The van der Waals surface area contributed by atoms with E-state index in [1.807, 2.05) is 6.92 Å². The Balaban J connectivity index is 0.00000200. The van der Waals surface area contributed by atoms with Gasteiger partial charge in [-0.1, -0.05) is 0 Å². The monoisotopic (exact) mass is 320 g/mol. The Bertz CT molecular complexity index is 499. The van der Waals surface area contributed by atoms with Gasteiger partial charge in [-0.05, 0) is 57.1 Å². The fraction of sp³-hybridized carbons (Fsp3) is 0.538. The van der Waals surface area contributed by atoms with Crippen molar-refractivity contribution in [1.29, 1.82) is 0 Å². The third-order valence-corrected chi connectivity index (χ3v) is 4.64. The maximum atomic E-state index is 12.2. The molecule has 20 heavy (non-hydrogen) atoms. The first-order valence-electron chi connectivity index (χ1n) is 6.58. The molecule has 1 aliphatic heterocycles. The normalized spacial score (nSPS) is 16.4. The van der Waals surface area contributed by atoms with Crippen LogP contribution in [-0.4, -0.2) is 34.2 Å². The average molecular weight is 321 g/mol. The maximum Gasteiger partial charge on any atom is 0.240 e. The second-order valence-corrected chi connectivity index (χ2v) is 6.26. The Kier molecular flexibility index (Phi) is 6.75. The summed E-state index contributed by atoms with van der Waals surface area (Å²) in [7, 11) is -3.42. The third kappa shape index (κ3) is 4.63. The molecule has 1 aromatic rings. The predicted octanol–water partition coefficient (Wildman–Crippen LogP) is 1.54. The van der Waals surface area contributed by atoms with Gasteiger partial charge in [0.2, 0.25) is 10.0 Å². The van der Waals surface area contributed by atoms with Gasteiger partial charge in [-0.15, -0.1) is 12.4 Å². The van der Waals surface area contributed by atoms with E-state index in [4.69, 9.17) is 4.74 Å². The zero-order valence-electron chi connectivity index (χ0n) is 11.5. The second-order valence-electron chi connectivity index (χ2n) is 4.55. The zero-order chi connectivity index (χ0) is 13.7. The van der Waals surface area contributed by atoms with Gasteiger partial charge in [0.25, 0.3) is 0 Å². The first-order valence-corrected chi connectivity index (χ1v) is 8.06. The van der Waals surface area contributed by atoms with Gasteiger partial charge in [0, 0.05) is 6.04 Å². The molecule has 114 valence electrons. The van der Waals surface area contributed by atoms with Crippen molar-refractivity contribution in [3.8, 4) is 5.75 Å². The minimum absolute atomic E-state index is 0. The standard InChI is InChI=1S/C13H20N2O3S.ClH/c1-2-18-12-3-5-13(6-4-12)19(16,17)15-11-7-9-14-10-8-11;/h3-6,11,14-15H,2,7-10H2,1H3;1H. The van der Waals surface area contributed by atoms with Crippen LogP contribution in [0.4, 0.5) is 0 Å². The van der Waals surface area contributed by atoms with Crippen LogP contribution >= 0.6 is 12.4 Å². The van der Waals surface area contributed by atoms with E-state index in [0.717, 1.165) is 25.9 Å². The molecule has 1 heterocycles. The van der Waals surface area contributed by atoms with Crippen LogP contribution < -0.4 is 14.8 Å². The summed E-state index contributed by atoms with van der Waals surface area (Å²) in [4.78, 5) is 0.287. The molecule has 0 amide bonds. The molecule has 0 unspecified atom stereocenters. The topological polar surface area (TPSA) is 67.4 Å². The molecule has 7 heteroatoms. The minimum Gasteiger partial charge on any atom is -0.494 e. The number of nitrogens with one attached hydrogen (secondary N) is 2. The number of benzene rings is 1. The molecule has 1 aromatic carbocycles. The Morgan fingerprint density at radius 3 is 2.40 bits per heavy atom. The van der Waals surface area contributed by atoms with Crippen molar-refractivity contribution in [2.24, 2.45) is 0 Å². The molecule has 0 spiro atoms. The zero-order valence-corrected chi connectivity index (χ0v) is 13.1. The van der Waals surface area contributed by atoms with Gasteiger partial charge in [-0.2, -0.15) is 0 Å². The summed E-state index contributed by atoms with van der Waals surface area (Å²) in [5, 5.41) is 3.21. The number of halogens is 1. The smallest absolute Gasteiger partial charge is 0.240 e. The summed E-state index contributed by atoms with van der Waals surface area (Å²) in [5.74, 6) is 0.684. The molecule has 1 saturated heterocycles. The van der Waals surface area contributed by atoms with Gasteiger partial charge < -0.3 is 10.1 Å². The van der Waals surface area contributed by atoms with Crippen molar-refractivity contribution < 1.29 is 13.2 Å². The molecule has 0 bridgehead atoms. The molecule has 0 atom stereocenters. The van der Waals surface area contributed by atoms with E-state index in [2.05, 4.69) is 10.0 Å². The van der Waals surface area contributed by atoms with E-state index in [1.54, 1.807) is 24.3 Å². The van der Waals surface area contributed by atoms with Gasteiger partial charge in [0.05, 0.1) is 11.5 Å². The molecule has 0 saturated carbocycles. The summed E-state index contributed by atoms with van der Waals surface area (Å²) < 4.78 is 32.4. The first kappa shape index (κ1) is 17.2. The van der Waals surface area contributed by atoms with Crippen LogP contribution in [0, 0.1) is 0 Å². The lowest BCUT2D eigenvalue weighted by Gasteiger charge is -2.23. The molecule has 1 aliphatic rings. The van der Waals surface area contributed by atoms with Crippen LogP contribution in [0.5, 0.6) is 5.75 Å². The SMILES string of the molecule is CCOc1ccc(S(=O)(=O)NC2CCNCC2)cc1.Cl. The number of sulfonamides is 1. The molecule has 1 fully saturated rings. The van der Waals surface area contributed by atoms with Gasteiger partial charge in [0.15, 0.2) is 0 Å². The molecule has 0 radical (unpaired) electrons. The molecule has 0 aliphatic carbocycles. The summed E-state index contributed by atoms with van der Waals surface area (Å²) in [6.45, 7) is 4.18. The van der Waals surface area contributed by atoms with Crippen LogP contribution in [-0.2, 0) is 10.0 Å². The minimum atomic E-state index is -3.42. The summed E-state index contributed by atoms with van der Waals surface area (Å²) in [6, 6.07) is 6.54. The third-order valence-electron chi connectivity index (χ3n) is 3.11. The van der Waals surface area contributed by atoms with Crippen LogP contribution in [0.25, 0.3) is 0 Å². The quantitative estimate of drug-likeness (QED) is 0.863. The van der Waals surface area contributed by atoms with E-state index >= 15 is 0 Å². The van der Waals surface area contributed by atoms with Crippen LogP contribution in [0.15, 0.2) is 29.2 Å². The van der Waals surface area contributed by atoms with Crippen molar-refractivity contribution in [1.82, 2.24) is 10.0 Å². The van der Waals surface area contributed by atoms with Crippen LogP contribution in [0.2, 0.25) is 0 Å². The van der Waals surface area contributed by atoms with E-state index < -0.39 is 10.0 Å². The van der Waals surface area contributed by atoms with Crippen molar-refractivity contribution in [3.63, 3.8) is 0 Å². The highest BCUT2D eigenvalue weighted by atomic mass is 35.5. The fourth-order valence-corrected chi connectivity index (χ4v) is 3.41. The number of piperidine rings is 1. The van der Waals surface area contributed by atoms with Gasteiger partial charge in [-0.3, -0.25) is 0 Å². The molecule has 2 rings (SSSR count). The molecule has 0 aromatic heterocycles. The van der Waals surface area contributed by atoms with Crippen LogP contribution in [0.1, 0.15) is 19.8 Å². The van der Waals surface area contributed by atoms with Crippen molar-refractivity contribution in [3.05, 3.63) is 24.3 Å². The van der Waals surface area contributed by atoms with E-state index in [1.165, 1.54) is 0 Å². The Labute approximate surface area is 126 Å². The highest BCUT2D eigenvalue weighted by Gasteiger charge is 2.21. The summed E-state index contributed by atoms with van der Waals surface area (Å²) >= 11 is 0.